The van der Waals surface area contributed by atoms with Crippen LogP contribution < -0.4 is 15.4 Å². The van der Waals surface area contributed by atoms with E-state index in [0.717, 1.165) is 23.5 Å². The molecule has 1 aliphatic heterocycles. The summed E-state index contributed by atoms with van der Waals surface area (Å²) in [7, 11) is 1.63. The lowest BCUT2D eigenvalue weighted by molar-refractivity contribution is -0.0803. The van der Waals surface area contributed by atoms with Gasteiger partial charge in [0.1, 0.15) is 6.10 Å². The van der Waals surface area contributed by atoms with E-state index in [4.69, 9.17) is 20.1 Å². The van der Waals surface area contributed by atoms with Gasteiger partial charge in [0.25, 0.3) is 0 Å². The zero-order valence-electron chi connectivity index (χ0n) is 9.85. The summed E-state index contributed by atoms with van der Waals surface area (Å²) in [6, 6.07) is 5.83. The molecule has 0 spiro atoms. The van der Waals surface area contributed by atoms with E-state index in [-0.39, 0.29) is 6.10 Å². The van der Waals surface area contributed by atoms with Crippen molar-refractivity contribution in [3.05, 3.63) is 23.8 Å². The Morgan fingerprint density at radius 2 is 2.18 bits per heavy atom. The van der Waals surface area contributed by atoms with Crippen LogP contribution in [-0.2, 0) is 16.0 Å². The van der Waals surface area contributed by atoms with Gasteiger partial charge in [0.15, 0.2) is 11.5 Å². The van der Waals surface area contributed by atoms with Crippen LogP contribution in [0.25, 0.3) is 0 Å². The van der Waals surface area contributed by atoms with Gasteiger partial charge in [-0.1, -0.05) is 6.07 Å². The molecule has 1 aromatic carbocycles. The van der Waals surface area contributed by atoms with E-state index in [1.807, 2.05) is 18.2 Å². The first kappa shape index (κ1) is 12.2. The summed E-state index contributed by atoms with van der Waals surface area (Å²) in [4.78, 5) is 4.55. The summed E-state index contributed by atoms with van der Waals surface area (Å²) in [5.74, 6) is 6.48. The Balaban J connectivity index is 2.04. The van der Waals surface area contributed by atoms with Gasteiger partial charge in [0.2, 0.25) is 0 Å². The standard InChI is InChI=1S/C12H17NO4/c1-14-12-6-9(4-5-16-13)2-3-11(12)17-10-7-15-8-10/h2-3,6,10H,4-5,7-8,13H2,1H3. The van der Waals surface area contributed by atoms with Gasteiger partial charge >= 0.3 is 0 Å². The molecule has 1 aliphatic rings. The van der Waals surface area contributed by atoms with Crippen molar-refractivity contribution in [2.45, 2.75) is 12.5 Å². The summed E-state index contributed by atoms with van der Waals surface area (Å²) in [5, 5.41) is 0. The molecule has 0 bridgehead atoms. The van der Waals surface area contributed by atoms with Gasteiger partial charge < -0.3 is 19.0 Å². The van der Waals surface area contributed by atoms with Gasteiger partial charge in [0.05, 0.1) is 26.9 Å². The number of ether oxygens (including phenoxy) is 3. The lowest BCUT2D eigenvalue weighted by Gasteiger charge is -2.27. The minimum absolute atomic E-state index is 0.141. The van der Waals surface area contributed by atoms with Crippen molar-refractivity contribution in [3.63, 3.8) is 0 Å². The Kier molecular flexibility index (Phi) is 4.19. The zero-order valence-corrected chi connectivity index (χ0v) is 9.85. The lowest BCUT2D eigenvalue weighted by atomic mass is 10.1. The van der Waals surface area contributed by atoms with Crippen LogP contribution in [0.2, 0.25) is 0 Å². The maximum absolute atomic E-state index is 5.73. The fraction of sp³-hybridized carbons (Fsp3) is 0.500. The minimum atomic E-state index is 0.141. The normalized spacial score (nSPS) is 15.4. The van der Waals surface area contributed by atoms with Crippen molar-refractivity contribution in [2.75, 3.05) is 26.9 Å². The fourth-order valence-corrected chi connectivity index (χ4v) is 1.60. The minimum Gasteiger partial charge on any atom is -0.493 e. The molecule has 0 radical (unpaired) electrons. The molecular weight excluding hydrogens is 222 g/mol. The average molecular weight is 239 g/mol. The predicted octanol–water partition coefficient (Wildman–Crippen LogP) is 0.906. The number of nitrogens with two attached hydrogens (primary N) is 1. The van der Waals surface area contributed by atoms with Crippen LogP contribution in [0.15, 0.2) is 18.2 Å². The third kappa shape index (κ3) is 3.09. The van der Waals surface area contributed by atoms with Crippen molar-refractivity contribution in [1.82, 2.24) is 0 Å². The number of methoxy groups -OCH3 is 1. The first-order chi connectivity index (χ1) is 8.33. The van der Waals surface area contributed by atoms with Crippen LogP contribution >= 0.6 is 0 Å². The van der Waals surface area contributed by atoms with Gasteiger partial charge in [-0.3, -0.25) is 0 Å². The summed E-state index contributed by atoms with van der Waals surface area (Å²) >= 11 is 0. The second-order valence-electron chi connectivity index (χ2n) is 3.88. The largest absolute Gasteiger partial charge is 0.493 e. The monoisotopic (exact) mass is 239 g/mol. The molecule has 0 aromatic heterocycles. The van der Waals surface area contributed by atoms with E-state index >= 15 is 0 Å². The zero-order chi connectivity index (χ0) is 12.1. The first-order valence-corrected chi connectivity index (χ1v) is 5.56. The number of rotatable bonds is 6. The molecule has 2 rings (SSSR count). The smallest absolute Gasteiger partial charge is 0.161 e. The quantitative estimate of drug-likeness (QED) is 0.747. The number of benzene rings is 1. The molecule has 0 atom stereocenters. The summed E-state index contributed by atoms with van der Waals surface area (Å²) in [5.41, 5.74) is 1.10. The first-order valence-electron chi connectivity index (χ1n) is 5.56. The molecule has 17 heavy (non-hydrogen) atoms. The molecule has 5 nitrogen and oxygen atoms in total. The van der Waals surface area contributed by atoms with Crippen LogP contribution in [0.1, 0.15) is 5.56 Å². The van der Waals surface area contributed by atoms with Gasteiger partial charge in [-0.25, -0.2) is 5.90 Å². The van der Waals surface area contributed by atoms with Crippen LogP contribution in [-0.4, -0.2) is 33.0 Å². The molecule has 0 aliphatic carbocycles. The van der Waals surface area contributed by atoms with E-state index < -0.39 is 0 Å². The molecule has 2 N–H and O–H groups in total. The van der Waals surface area contributed by atoms with Crippen LogP contribution in [0.5, 0.6) is 11.5 Å². The summed E-state index contributed by atoms with van der Waals surface area (Å²) in [6.07, 6.45) is 0.891. The van der Waals surface area contributed by atoms with Gasteiger partial charge in [0, 0.05) is 0 Å². The van der Waals surface area contributed by atoms with Crippen LogP contribution in [0, 0.1) is 0 Å². The number of hydrogen-bond acceptors (Lipinski definition) is 5. The highest BCUT2D eigenvalue weighted by atomic mass is 16.6. The maximum Gasteiger partial charge on any atom is 0.161 e. The van der Waals surface area contributed by atoms with E-state index in [2.05, 4.69) is 4.84 Å². The average Bonchev–Trinajstić information content (AvgIpc) is 2.31. The molecule has 1 saturated heterocycles. The molecule has 0 amide bonds. The topological polar surface area (TPSA) is 62.9 Å². The van der Waals surface area contributed by atoms with Crippen LogP contribution in [0.4, 0.5) is 0 Å². The third-order valence-corrected chi connectivity index (χ3v) is 2.64. The van der Waals surface area contributed by atoms with Crippen molar-refractivity contribution < 1.29 is 19.0 Å². The second kappa shape index (κ2) is 5.86. The SMILES string of the molecule is COc1cc(CCON)ccc1OC1COC1. The number of hydrogen-bond donors (Lipinski definition) is 1. The molecule has 1 fully saturated rings. The third-order valence-electron chi connectivity index (χ3n) is 2.64. The Morgan fingerprint density at radius 1 is 1.35 bits per heavy atom. The van der Waals surface area contributed by atoms with Crippen molar-refractivity contribution >= 4 is 0 Å². The molecule has 5 heteroatoms. The van der Waals surface area contributed by atoms with Crippen LogP contribution in [0.3, 0.4) is 0 Å². The highest BCUT2D eigenvalue weighted by Crippen LogP contribution is 2.30. The van der Waals surface area contributed by atoms with E-state index in [1.165, 1.54) is 0 Å². The molecule has 94 valence electrons. The van der Waals surface area contributed by atoms with Gasteiger partial charge in [-0.2, -0.15) is 0 Å². The lowest BCUT2D eigenvalue weighted by Crippen LogP contribution is -2.38. The van der Waals surface area contributed by atoms with Crippen molar-refractivity contribution in [2.24, 2.45) is 5.90 Å². The maximum atomic E-state index is 5.73. The van der Waals surface area contributed by atoms with E-state index in [0.29, 0.717) is 19.8 Å². The predicted molar refractivity (Wildman–Crippen MR) is 62.1 cm³/mol. The highest BCUT2D eigenvalue weighted by molar-refractivity contribution is 5.43. The van der Waals surface area contributed by atoms with E-state index in [1.54, 1.807) is 7.11 Å². The Labute approximate surface area is 100 Å². The van der Waals surface area contributed by atoms with Crippen molar-refractivity contribution in [3.8, 4) is 11.5 Å². The fourth-order valence-electron chi connectivity index (χ4n) is 1.60. The van der Waals surface area contributed by atoms with Crippen molar-refractivity contribution in [1.29, 1.82) is 0 Å². The molecule has 0 saturated carbocycles. The Morgan fingerprint density at radius 3 is 2.76 bits per heavy atom. The van der Waals surface area contributed by atoms with Gasteiger partial charge in [-0.05, 0) is 24.1 Å². The molecular formula is C12H17NO4. The molecule has 1 heterocycles. The summed E-state index contributed by atoms with van der Waals surface area (Å²) in [6.45, 7) is 1.78. The molecule has 0 unspecified atom stereocenters. The Hall–Kier alpha value is -1.30. The Bertz CT molecular complexity index is 366. The highest BCUT2D eigenvalue weighted by Gasteiger charge is 2.21. The molecule has 1 aromatic rings. The van der Waals surface area contributed by atoms with E-state index in [9.17, 15) is 0 Å². The van der Waals surface area contributed by atoms with Gasteiger partial charge in [-0.15, -0.1) is 0 Å². The second-order valence-corrected chi connectivity index (χ2v) is 3.88. The summed E-state index contributed by atoms with van der Waals surface area (Å²) < 4.78 is 16.1.